The van der Waals surface area contributed by atoms with Gasteiger partial charge in [0.25, 0.3) is 5.91 Å². The second-order valence-corrected chi connectivity index (χ2v) is 5.99. The van der Waals surface area contributed by atoms with Gasteiger partial charge in [-0.15, -0.1) is 0 Å². The Kier molecular flexibility index (Phi) is 6.39. The molecule has 1 N–H and O–H groups in total. The number of nitro groups is 1. The molecule has 0 radical (unpaired) electrons. The Bertz CT molecular complexity index is 785. The van der Waals surface area contributed by atoms with Crippen LogP contribution in [0.15, 0.2) is 40.8 Å². The lowest BCUT2D eigenvalue weighted by Gasteiger charge is -2.26. The number of nitrogens with zero attached hydrogens (tertiary/aromatic N) is 2. The summed E-state index contributed by atoms with van der Waals surface area (Å²) in [4.78, 5) is 24.8. The Morgan fingerprint density at radius 2 is 2.00 bits per heavy atom. The summed E-state index contributed by atoms with van der Waals surface area (Å²) < 4.78 is 16.2. The van der Waals surface area contributed by atoms with Gasteiger partial charge in [-0.2, -0.15) is 0 Å². The van der Waals surface area contributed by atoms with Crippen molar-refractivity contribution in [2.24, 2.45) is 0 Å². The number of nitro benzene ring substituents is 1. The first-order valence-corrected chi connectivity index (χ1v) is 8.67. The van der Waals surface area contributed by atoms with Gasteiger partial charge >= 0.3 is 5.69 Å². The van der Waals surface area contributed by atoms with E-state index in [0.717, 1.165) is 32.8 Å². The van der Waals surface area contributed by atoms with Crippen molar-refractivity contribution in [1.29, 1.82) is 0 Å². The topological polar surface area (TPSA) is 107 Å². The second-order valence-electron chi connectivity index (χ2n) is 5.99. The summed E-state index contributed by atoms with van der Waals surface area (Å²) in [6.45, 7) is 4.43. The lowest BCUT2D eigenvalue weighted by Crippen LogP contribution is -2.41. The van der Waals surface area contributed by atoms with E-state index in [9.17, 15) is 14.9 Å². The van der Waals surface area contributed by atoms with Gasteiger partial charge in [0, 0.05) is 32.2 Å². The van der Waals surface area contributed by atoms with E-state index in [1.807, 2.05) is 0 Å². The zero-order chi connectivity index (χ0) is 19.1. The number of hydrogen-bond acceptors (Lipinski definition) is 7. The number of para-hydroxylation sites is 2. The van der Waals surface area contributed by atoms with Crippen LogP contribution >= 0.6 is 0 Å². The number of morpholine rings is 1. The average Bonchev–Trinajstić information content (AvgIpc) is 3.16. The minimum Gasteiger partial charge on any atom is -0.479 e. The van der Waals surface area contributed by atoms with Gasteiger partial charge in [0.1, 0.15) is 12.4 Å². The van der Waals surface area contributed by atoms with Gasteiger partial charge in [-0.3, -0.25) is 19.8 Å². The summed E-state index contributed by atoms with van der Waals surface area (Å²) in [5, 5.41) is 13.8. The monoisotopic (exact) mass is 375 g/mol. The van der Waals surface area contributed by atoms with E-state index in [2.05, 4.69) is 10.2 Å². The third-order valence-corrected chi connectivity index (χ3v) is 4.13. The van der Waals surface area contributed by atoms with E-state index in [1.165, 1.54) is 12.1 Å². The van der Waals surface area contributed by atoms with Gasteiger partial charge in [-0.05, 0) is 18.2 Å². The molecule has 1 aliphatic rings. The number of furan rings is 1. The molecule has 1 aliphatic heterocycles. The van der Waals surface area contributed by atoms with Crippen molar-refractivity contribution in [2.75, 3.05) is 39.4 Å². The first-order valence-electron chi connectivity index (χ1n) is 8.67. The van der Waals surface area contributed by atoms with Crippen molar-refractivity contribution in [3.05, 3.63) is 58.0 Å². The average molecular weight is 375 g/mol. The molecule has 0 saturated carbocycles. The fraction of sp³-hybridized carbons (Fsp3) is 0.389. The summed E-state index contributed by atoms with van der Waals surface area (Å²) >= 11 is 0. The van der Waals surface area contributed by atoms with Crippen molar-refractivity contribution in [1.82, 2.24) is 10.2 Å². The SMILES string of the molecule is O=C(NCCN1CCOCC1)c1ccc(COc2ccccc2[N+](=O)[O-])o1. The maximum absolute atomic E-state index is 12.1. The minimum absolute atomic E-state index is 0.00802. The normalized spacial score (nSPS) is 14.7. The molecule has 1 saturated heterocycles. The molecule has 1 aromatic carbocycles. The molecule has 2 aromatic rings. The molecule has 0 unspecified atom stereocenters. The van der Waals surface area contributed by atoms with Crippen LogP contribution in [0.1, 0.15) is 16.3 Å². The standard InChI is InChI=1S/C18H21N3O6/c22-18(19-7-8-20-9-11-25-12-10-20)17-6-5-14(27-17)13-26-16-4-2-1-3-15(16)21(23)24/h1-6H,7-13H2,(H,19,22). The van der Waals surface area contributed by atoms with Crippen LogP contribution in [0.5, 0.6) is 5.75 Å². The lowest BCUT2D eigenvalue weighted by atomic mass is 10.3. The predicted molar refractivity (Wildman–Crippen MR) is 95.7 cm³/mol. The summed E-state index contributed by atoms with van der Waals surface area (Å²) in [5.41, 5.74) is -0.120. The fourth-order valence-corrected chi connectivity index (χ4v) is 2.70. The first kappa shape index (κ1) is 18.9. The van der Waals surface area contributed by atoms with E-state index in [1.54, 1.807) is 24.3 Å². The van der Waals surface area contributed by atoms with Crippen molar-refractivity contribution in [2.45, 2.75) is 6.61 Å². The number of rotatable bonds is 8. The third-order valence-electron chi connectivity index (χ3n) is 4.13. The number of carbonyl (C=O) groups excluding carboxylic acids is 1. The molecular formula is C18H21N3O6. The van der Waals surface area contributed by atoms with Crippen LogP contribution in [-0.2, 0) is 11.3 Å². The third kappa shape index (κ3) is 5.28. The van der Waals surface area contributed by atoms with E-state index >= 15 is 0 Å². The number of ether oxygens (including phenoxy) is 2. The summed E-state index contributed by atoms with van der Waals surface area (Å²) in [7, 11) is 0. The van der Waals surface area contributed by atoms with Gasteiger partial charge in [0.05, 0.1) is 18.1 Å². The molecule has 144 valence electrons. The number of hydrogen-bond donors (Lipinski definition) is 1. The van der Waals surface area contributed by atoms with Crippen molar-refractivity contribution >= 4 is 11.6 Å². The molecule has 0 aliphatic carbocycles. The Morgan fingerprint density at radius 3 is 2.78 bits per heavy atom. The Labute approximate surface area is 156 Å². The van der Waals surface area contributed by atoms with Crippen molar-refractivity contribution < 1.29 is 23.6 Å². The Hall–Kier alpha value is -2.91. The van der Waals surface area contributed by atoms with Crippen LogP contribution in [0.25, 0.3) is 0 Å². The van der Waals surface area contributed by atoms with Crippen molar-refractivity contribution in [3.8, 4) is 5.75 Å². The van der Waals surface area contributed by atoms with Crippen molar-refractivity contribution in [3.63, 3.8) is 0 Å². The van der Waals surface area contributed by atoms with Crippen LogP contribution in [0.2, 0.25) is 0 Å². The van der Waals surface area contributed by atoms with Gasteiger partial charge in [0.15, 0.2) is 11.5 Å². The maximum atomic E-state index is 12.1. The highest BCUT2D eigenvalue weighted by atomic mass is 16.6. The first-order chi connectivity index (χ1) is 13.1. The zero-order valence-corrected chi connectivity index (χ0v) is 14.8. The predicted octanol–water partition coefficient (Wildman–Crippen LogP) is 1.83. The molecule has 3 rings (SSSR count). The van der Waals surface area contributed by atoms with E-state index in [-0.39, 0.29) is 29.7 Å². The summed E-state index contributed by atoms with van der Waals surface area (Å²) in [5.74, 6) is 0.431. The highest BCUT2D eigenvalue weighted by Crippen LogP contribution is 2.26. The van der Waals surface area contributed by atoms with Gasteiger partial charge in [-0.25, -0.2) is 0 Å². The molecule has 27 heavy (non-hydrogen) atoms. The number of nitrogens with one attached hydrogen (secondary N) is 1. The summed E-state index contributed by atoms with van der Waals surface area (Å²) in [6.07, 6.45) is 0. The smallest absolute Gasteiger partial charge is 0.310 e. The molecule has 1 fully saturated rings. The molecule has 9 nitrogen and oxygen atoms in total. The molecule has 2 heterocycles. The molecule has 9 heteroatoms. The number of benzene rings is 1. The molecule has 0 atom stereocenters. The maximum Gasteiger partial charge on any atom is 0.310 e. The van der Waals surface area contributed by atoms with Gasteiger partial charge < -0.3 is 19.2 Å². The van der Waals surface area contributed by atoms with Gasteiger partial charge in [0.2, 0.25) is 0 Å². The Balaban J connectivity index is 1.48. The fourth-order valence-electron chi connectivity index (χ4n) is 2.70. The molecule has 0 bridgehead atoms. The molecular weight excluding hydrogens is 354 g/mol. The minimum atomic E-state index is -0.509. The van der Waals surface area contributed by atoms with Crippen LogP contribution in [0.4, 0.5) is 5.69 Å². The molecule has 1 aromatic heterocycles. The van der Waals surface area contributed by atoms with Gasteiger partial charge in [-0.1, -0.05) is 12.1 Å². The van der Waals surface area contributed by atoms with Crippen LogP contribution in [0, 0.1) is 10.1 Å². The van der Waals surface area contributed by atoms with Crippen LogP contribution < -0.4 is 10.1 Å². The largest absolute Gasteiger partial charge is 0.479 e. The number of amides is 1. The molecule has 0 spiro atoms. The highest BCUT2D eigenvalue weighted by Gasteiger charge is 2.16. The Morgan fingerprint density at radius 1 is 1.22 bits per heavy atom. The van der Waals surface area contributed by atoms with E-state index in [4.69, 9.17) is 13.9 Å². The van der Waals surface area contributed by atoms with Crippen LogP contribution in [-0.4, -0.2) is 55.1 Å². The highest BCUT2D eigenvalue weighted by molar-refractivity contribution is 5.91. The zero-order valence-electron chi connectivity index (χ0n) is 14.8. The summed E-state index contributed by atoms with van der Waals surface area (Å²) in [6, 6.07) is 9.27. The van der Waals surface area contributed by atoms with E-state index < -0.39 is 4.92 Å². The number of carbonyl (C=O) groups is 1. The van der Waals surface area contributed by atoms with Crippen LogP contribution in [0.3, 0.4) is 0 Å². The second kappa shape index (κ2) is 9.15. The lowest BCUT2D eigenvalue weighted by molar-refractivity contribution is -0.386. The van der Waals surface area contributed by atoms with E-state index in [0.29, 0.717) is 12.3 Å². The molecule has 1 amide bonds. The quantitative estimate of drug-likeness (QED) is 0.554.